The van der Waals surface area contributed by atoms with Gasteiger partial charge < -0.3 is 0 Å². The second-order valence-electron chi connectivity index (χ2n) is 7.90. The number of benzene rings is 1. The number of halogens is 4. The molecule has 7 nitrogen and oxygen atoms in total. The van der Waals surface area contributed by atoms with Crippen LogP contribution in [0.15, 0.2) is 33.5 Å². The molecule has 1 fully saturated rings. The maximum absolute atomic E-state index is 13.2. The number of carbonyl (C=O) groups excluding carboxylic acids is 1. The van der Waals surface area contributed by atoms with Crippen molar-refractivity contribution in [3.8, 4) is 0 Å². The highest BCUT2D eigenvalue weighted by atomic mass is 79.9. The van der Waals surface area contributed by atoms with E-state index in [-0.39, 0.29) is 16.1 Å². The van der Waals surface area contributed by atoms with Gasteiger partial charge in [-0.2, -0.15) is 18.3 Å². The maximum atomic E-state index is 13.2. The predicted molar refractivity (Wildman–Crippen MR) is 116 cm³/mol. The standard InChI is InChI=1S/C21H21BrF3N5O2/c1-12-17(22)18(21(23,24)25)28-29(12)11-16(31)27-30-19(13-7-3-2-4-8-13)26-15-10-6-5-9-14(15)20(30)32/h5-6,9-10,13H,2-4,7-8,11H2,1H3,(H,27,31). The van der Waals surface area contributed by atoms with E-state index < -0.39 is 29.9 Å². The van der Waals surface area contributed by atoms with Crippen molar-refractivity contribution in [1.29, 1.82) is 0 Å². The first-order chi connectivity index (χ1) is 15.2. The number of rotatable bonds is 4. The van der Waals surface area contributed by atoms with Crippen molar-refractivity contribution in [3.05, 3.63) is 56.3 Å². The molecule has 0 aliphatic heterocycles. The van der Waals surface area contributed by atoms with Gasteiger partial charge >= 0.3 is 6.18 Å². The summed E-state index contributed by atoms with van der Waals surface area (Å²) in [6.07, 6.45) is 0.153. The average Bonchev–Trinajstić information content (AvgIpc) is 3.05. The minimum absolute atomic E-state index is 0.0128. The first kappa shape index (κ1) is 22.5. The van der Waals surface area contributed by atoms with Crippen molar-refractivity contribution in [1.82, 2.24) is 19.4 Å². The van der Waals surface area contributed by atoms with Crippen LogP contribution in [0.3, 0.4) is 0 Å². The van der Waals surface area contributed by atoms with E-state index in [0.29, 0.717) is 16.7 Å². The van der Waals surface area contributed by atoms with Crippen LogP contribution in [0.25, 0.3) is 10.9 Å². The van der Waals surface area contributed by atoms with Crippen LogP contribution in [0.2, 0.25) is 0 Å². The fraction of sp³-hybridized carbons (Fsp3) is 0.429. The van der Waals surface area contributed by atoms with Gasteiger partial charge in [-0.1, -0.05) is 31.4 Å². The van der Waals surface area contributed by atoms with Crippen molar-refractivity contribution in [2.45, 2.75) is 57.7 Å². The Bertz CT molecular complexity index is 1230. The quantitative estimate of drug-likeness (QED) is 0.559. The van der Waals surface area contributed by atoms with Crippen LogP contribution in [-0.4, -0.2) is 25.3 Å². The minimum Gasteiger partial charge on any atom is -0.271 e. The smallest absolute Gasteiger partial charge is 0.271 e. The Morgan fingerprint density at radius 2 is 1.91 bits per heavy atom. The summed E-state index contributed by atoms with van der Waals surface area (Å²) >= 11 is 2.90. The van der Waals surface area contributed by atoms with Gasteiger partial charge in [-0.15, -0.1) is 0 Å². The van der Waals surface area contributed by atoms with E-state index in [1.165, 1.54) is 6.92 Å². The second-order valence-corrected chi connectivity index (χ2v) is 8.69. The van der Waals surface area contributed by atoms with Gasteiger partial charge in [0.25, 0.3) is 11.5 Å². The molecule has 1 aromatic carbocycles. The van der Waals surface area contributed by atoms with Crippen molar-refractivity contribution in [2.24, 2.45) is 0 Å². The van der Waals surface area contributed by atoms with Gasteiger partial charge in [0, 0.05) is 5.92 Å². The van der Waals surface area contributed by atoms with Gasteiger partial charge in [-0.05, 0) is 47.8 Å². The van der Waals surface area contributed by atoms with Crippen molar-refractivity contribution in [2.75, 3.05) is 5.43 Å². The van der Waals surface area contributed by atoms with Crippen LogP contribution in [0.1, 0.15) is 55.2 Å². The average molecular weight is 512 g/mol. The molecule has 11 heteroatoms. The number of alkyl halides is 3. The van der Waals surface area contributed by atoms with Gasteiger partial charge in [0.15, 0.2) is 5.69 Å². The number of nitrogens with zero attached hydrogens (tertiary/aromatic N) is 4. The number of para-hydroxylation sites is 1. The lowest BCUT2D eigenvalue weighted by Gasteiger charge is -2.24. The Hall–Kier alpha value is -2.69. The SMILES string of the molecule is Cc1c(Br)c(C(F)(F)F)nn1CC(=O)Nn1c(C2CCCCC2)nc2ccccc2c1=O. The number of nitrogens with one attached hydrogen (secondary N) is 1. The fourth-order valence-corrected chi connectivity index (χ4v) is 4.56. The Kier molecular flexibility index (Phi) is 6.11. The lowest BCUT2D eigenvalue weighted by molar-refractivity contribution is -0.142. The summed E-state index contributed by atoms with van der Waals surface area (Å²) in [6, 6.07) is 6.88. The van der Waals surface area contributed by atoms with E-state index in [2.05, 4.69) is 31.4 Å². The van der Waals surface area contributed by atoms with Crippen LogP contribution in [0.5, 0.6) is 0 Å². The van der Waals surface area contributed by atoms with E-state index in [1.54, 1.807) is 24.3 Å². The first-order valence-electron chi connectivity index (χ1n) is 10.3. The zero-order chi connectivity index (χ0) is 23.0. The second kappa shape index (κ2) is 8.68. The van der Waals surface area contributed by atoms with Gasteiger partial charge in [-0.25, -0.2) is 9.66 Å². The van der Waals surface area contributed by atoms with Gasteiger partial charge in [0.05, 0.1) is 21.1 Å². The molecule has 170 valence electrons. The Balaban J connectivity index is 1.68. The van der Waals surface area contributed by atoms with E-state index in [1.807, 2.05) is 0 Å². The molecule has 0 atom stereocenters. The highest BCUT2D eigenvalue weighted by molar-refractivity contribution is 9.10. The fourth-order valence-electron chi connectivity index (χ4n) is 4.05. The van der Waals surface area contributed by atoms with Gasteiger partial charge in [0.1, 0.15) is 12.4 Å². The normalized spacial score (nSPS) is 15.3. The zero-order valence-corrected chi connectivity index (χ0v) is 18.8. The molecule has 1 saturated carbocycles. The monoisotopic (exact) mass is 511 g/mol. The van der Waals surface area contributed by atoms with E-state index in [0.717, 1.165) is 41.5 Å². The summed E-state index contributed by atoms with van der Waals surface area (Å²) in [4.78, 5) is 30.6. The molecule has 0 radical (unpaired) electrons. The van der Waals surface area contributed by atoms with Crippen molar-refractivity contribution < 1.29 is 18.0 Å². The summed E-state index contributed by atoms with van der Waals surface area (Å²) in [5.41, 5.74) is 1.74. The molecular formula is C21H21BrF3N5O2. The minimum atomic E-state index is -4.65. The number of amides is 1. The topological polar surface area (TPSA) is 81.8 Å². The lowest BCUT2D eigenvalue weighted by Crippen LogP contribution is -2.39. The number of hydrogen-bond acceptors (Lipinski definition) is 4. The van der Waals surface area contributed by atoms with Crippen molar-refractivity contribution >= 4 is 32.7 Å². The molecule has 0 bridgehead atoms. The molecule has 0 spiro atoms. The third-order valence-electron chi connectivity index (χ3n) is 5.70. The molecule has 0 saturated heterocycles. The highest BCUT2D eigenvalue weighted by Gasteiger charge is 2.38. The summed E-state index contributed by atoms with van der Waals surface area (Å²) < 4.78 is 41.3. The number of hydrogen-bond donors (Lipinski definition) is 1. The molecule has 1 amide bonds. The summed E-state index contributed by atoms with van der Waals surface area (Å²) in [7, 11) is 0. The van der Waals surface area contributed by atoms with Crippen LogP contribution in [-0.2, 0) is 17.5 Å². The van der Waals surface area contributed by atoms with Crippen LogP contribution >= 0.6 is 15.9 Å². The van der Waals surface area contributed by atoms with Crippen LogP contribution < -0.4 is 11.0 Å². The molecule has 1 aliphatic carbocycles. The maximum Gasteiger partial charge on any atom is 0.436 e. The Labute approximate surface area is 189 Å². The van der Waals surface area contributed by atoms with E-state index in [4.69, 9.17) is 0 Å². The van der Waals surface area contributed by atoms with E-state index in [9.17, 15) is 22.8 Å². The van der Waals surface area contributed by atoms with Gasteiger partial charge in [0.2, 0.25) is 0 Å². The molecule has 1 aliphatic rings. The first-order valence-corrected chi connectivity index (χ1v) is 11.1. The Morgan fingerprint density at radius 3 is 2.56 bits per heavy atom. The largest absolute Gasteiger partial charge is 0.436 e. The molecule has 0 unspecified atom stereocenters. The van der Waals surface area contributed by atoms with Gasteiger partial charge in [-0.3, -0.25) is 19.7 Å². The third-order valence-corrected chi connectivity index (χ3v) is 6.65. The summed E-state index contributed by atoms with van der Waals surface area (Å²) in [6.45, 7) is 0.945. The highest BCUT2D eigenvalue weighted by Crippen LogP contribution is 2.35. The van der Waals surface area contributed by atoms with E-state index >= 15 is 0 Å². The molecule has 3 aromatic rings. The molecule has 2 aromatic heterocycles. The molecular weight excluding hydrogens is 491 g/mol. The summed E-state index contributed by atoms with van der Waals surface area (Å²) in [5, 5.41) is 3.88. The van der Waals surface area contributed by atoms with Crippen LogP contribution in [0, 0.1) is 6.92 Å². The predicted octanol–water partition coefficient (Wildman–Crippen LogP) is 4.50. The Morgan fingerprint density at radius 1 is 1.22 bits per heavy atom. The molecule has 1 N–H and O–H groups in total. The lowest BCUT2D eigenvalue weighted by atomic mass is 9.88. The van der Waals surface area contributed by atoms with Crippen LogP contribution in [0.4, 0.5) is 13.2 Å². The third kappa shape index (κ3) is 4.30. The molecule has 32 heavy (non-hydrogen) atoms. The van der Waals surface area contributed by atoms with Crippen molar-refractivity contribution in [3.63, 3.8) is 0 Å². The number of fused-ring (bicyclic) bond motifs is 1. The number of aromatic nitrogens is 4. The molecule has 4 rings (SSSR count). The number of carbonyl (C=O) groups is 1. The molecule has 2 heterocycles. The summed E-state index contributed by atoms with van der Waals surface area (Å²) in [5.74, 6) is -0.192. The zero-order valence-electron chi connectivity index (χ0n) is 17.2.